The molecule has 0 spiro atoms. The molecule has 0 radical (unpaired) electrons. The number of aromatic nitrogens is 1. The second-order valence-corrected chi connectivity index (χ2v) is 8.22. The summed E-state index contributed by atoms with van der Waals surface area (Å²) < 4.78 is 25.4. The molecule has 0 saturated carbocycles. The molecule has 0 saturated heterocycles. The molecule has 1 aromatic heterocycles. The number of aliphatic imine (C=N–C) groups is 1. The summed E-state index contributed by atoms with van der Waals surface area (Å²) in [6.45, 7) is 3.27. The average molecular weight is 333 g/mol. The van der Waals surface area contributed by atoms with Crippen molar-refractivity contribution in [3.05, 3.63) is 47.8 Å². The van der Waals surface area contributed by atoms with Crippen molar-refractivity contribution < 1.29 is 8.42 Å². The van der Waals surface area contributed by atoms with Crippen LogP contribution in [0.1, 0.15) is 25.1 Å². The summed E-state index contributed by atoms with van der Waals surface area (Å²) in [5.41, 5.74) is 12.6. The van der Waals surface area contributed by atoms with Crippen LogP contribution < -0.4 is 16.8 Å². The average Bonchev–Trinajstić information content (AvgIpc) is 2.96. The van der Waals surface area contributed by atoms with Crippen LogP contribution in [0.2, 0.25) is 0 Å². The van der Waals surface area contributed by atoms with Crippen LogP contribution in [-0.4, -0.2) is 24.6 Å². The van der Waals surface area contributed by atoms with Crippen molar-refractivity contribution in [1.29, 1.82) is 0 Å². The fraction of sp³-hybridized carbons (Fsp3) is 0.267. The van der Waals surface area contributed by atoms with Gasteiger partial charge in [0, 0.05) is 11.8 Å². The fourth-order valence-corrected chi connectivity index (χ4v) is 3.99. The van der Waals surface area contributed by atoms with Crippen molar-refractivity contribution in [3.8, 4) is 0 Å². The van der Waals surface area contributed by atoms with Gasteiger partial charge in [0.2, 0.25) is 0 Å². The van der Waals surface area contributed by atoms with E-state index in [0.29, 0.717) is 16.9 Å². The van der Waals surface area contributed by atoms with E-state index in [1.807, 2.05) is 0 Å². The lowest BCUT2D eigenvalue weighted by Crippen LogP contribution is -2.45. The molecule has 7 nitrogen and oxygen atoms in total. The molecule has 0 fully saturated rings. The maximum Gasteiger partial charge on any atom is 0.195 e. The van der Waals surface area contributed by atoms with Crippen LogP contribution in [0.15, 0.2) is 46.4 Å². The van der Waals surface area contributed by atoms with E-state index in [9.17, 15) is 8.42 Å². The molecule has 1 aliphatic rings. The molecule has 1 atom stereocenters. The van der Waals surface area contributed by atoms with Crippen LogP contribution in [0.5, 0.6) is 0 Å². The molecule has 1 unspecified atom stereocenters. The van der Waals surface area contributed by atoms with E-state index in [1.54, 1.807) is 50.4 Å². The molecule has 0 amide bonds. The molecule has 0 bridgehead atoms. The van der Waals surface area contributed by atoms with Gasteiger partial charge in [-0.25, -0.2) is 13.4 Å². The Morgan fingerprint density at radius 2 is 1.91 bits per heavy atom. The molecule has 0 aliphatic carbocycles. The van der Waals surface area contributed by atoms with Crippen molar-refractivity contribution in [3.63, 3.8) is 0 Å². The number of fused-ring (bicyclic) bond motifs is 1. The number of rotatable bonds is 3. The normalized spacial score (nSPS) is 20.8. The van der Waals surface area contributed by atoms with Crippen molar-refractivity contribution >= 4 is 21.5 Å². The predicted molar refractivity (Wildman–Crippen MR) is 89.8 cm³/mol. The number of nitrogens with zero attached hydrogens (tertiary/aromatic N) is 1. The summed E-state index contributed by atoms with van der Waals surface area (Å²) >= 11 is 0. The second-order valence-electron chi connectivity index (χ2n) is 5.74. The number of hydrogen-bond acceptors (Lipinski definition) is 6. The number of H-pyrrole nitrogens is 1. The van der Waals surface area contributed by atoms with Crippen LogP contribution in [0.3, 0.4) is 0 Å². The fourth-order valence-electron chi connectivity index (χ4n) is 2.68. The summed E-state index contributed by atoms with van der Waals surface area (Å²) in [7, 11) is -3.52. The highest BCUT2D eigenvalue weighted by atomic mass is 32.2. The van der Waals surface area contributed by atoms with Gasteiger partial charge in [-0.1, -0.05) is 18.2 Å². The van der Waals surface area contributed by atoms with Gasteiger partial charge in [0.15, 0.2) is 21.5 Å². The SMILES string of the molecule is CC(C)S(=O)(=O)c1ccccc1C1(N)N=C(N)Nc2cc[nH]c21. The highest BCUT2D eigenvalue weighted by Crippen LogP contribution is 2.38. The first-order valence-electron chi connectivity index (χ1n) is 7.19. The summed E-state index contributed by atoms with van der Waals surface area (Å²) in [6, 6.07) is 8.40. The molecule has 1 aromatic carbocycles. The van der Waals surface area contributed by atoms with Crippen LogP contribution in [-0.2, 0) is 15.5 Å². The topological polar surface area (TPSA) is 126 Å². The minimum absolute atomic E-state index is 0.136. The Kier molecular flexibility index (Phi) is 3.46. The number of sulfone groups is 1. The maximum absolute atomic E-state index is 12.7. The van der Waals surface area contributed by atoms with Gasteiger partial charge in [-0.15, -0.1) is 0 Å². The molecular formula is C15H19N5O2S. The number of benzene rings is 1. The smallest absolute Gasteiger partial charge is 0.195 e. The number of aromatic amines is 1. The Morgan fingerprint density at radius 1 is 1.22 bits per heavy atom. The van der Waals surface area contributed by atoms with Crippen molar-refractivity contribution in [2.24, 2.45) is 16.5 Å². The maximum atomic E-state index is 12.7. The summed E-state index contributed by atoms with van der Waals surface area (Å²) in [6.07, 6.45) is 1.70. The van der Waals surface area contributed by atoms with Gasteiger partial charge in [0.05, 0.1) is 21.5 Å². The van der Waals surface area contributed by atoms with Crippen LogP contribution in [0.25, 0.3) is 0 Å². The van der Waals surface area contributed by atoms with Gasteiger partial charge in [-0.05, 0) is 26.0 Å². The third kappa shape index (κ3) is 2.30. The zero-order valence-corrected chi connectivity index (χ0v) is 13.7. The standard InChI is InChI=1S/C15H19N5O2S/c1-9(2)23(21,22)12-6-4-3-5-10(12)15(17)13-11(7-8-18-13)19-14(16)20-15/h3-9,18H,17H2,1-2H3,(H3,16,19,20). The molecule has 2 aromatic rings. The van der Waals surface area contributed by atoms with Crippen molar-refractivity contribution in [2.75, 3.05) is 5.32 Å². The highest BCUT2D eigenvalue weighted by molar-refractivity contribution is 7.92. The largest absolute Gasteiger partial charge is 0.370 e. The van der Waals surface area contributed by atoms with E-state index < -0.39 is 20.8 Å². The van der Waals surface area contributed by atoms with Crippen LogP contribution in [0.4, 0.5) is 5.69 Å². The Bertz CT molecular complexity index is 885. The first-order chi connectivity index (χ1) is 10.8. The summed E-state index contributed by atoms with van der Waals surface area (Å²) in [5, 5.41) is 2.34. The zero-order valence-electron chi connectivity index (χ0n) is 12.9. The van der Waals surface area contributed by atoms with E-state index >= 15 is 0 Å². The minimum Gasteiger partial charge on any atom is -0.370 e. The second kappa shape index (κ2) is 5.10. The number of nitrogens with two attached hydrogens (primary N) is 2. The Hall–Kier alpha value is -2.32. The molecule has 1 aliphatic heterocycles. The first kappa shape index (κ1) is 15.6. The lowest BCUT2D eigenvalue weighted by Gasteiger charge is -2.32. The quantitative estimate of drug-likeness (QED) is 0.669. The number of anilines is 1. The Morgan fingerprint density at radius 3 is 2.61 bits per heavy atom. The zero-order chi connectivity index (χ0) is 16.8. The molecule has 8 heteroatoms. The van der Waals surface area contributed by atoms with E-state index in [0.717, 1.165) is 0 Å². The van der Waals surface area contributed by atoms with Crippen LogP contribution in [0, 0.1) is 0 Å². The van der Waals surface area contributed by atoms with Gasteiger partial charge in [0.25, 0.3) is 0 Å². The summed E-state index contributed by atoms with van der Waals surface area (Å²) in [5.74, 6) is 0.136. The minimum atomic E-state index is -3.52. The third-order valence-electron chi connectivity index (χ3n) is 3.91. The van der Waals surface area contributed by atoms with Crippen LogP contribution >= 0.6 is 0 Å². The Balaban J connectivity index is 2.30. The number of hydrogen-bond donors (Lipinski definition) is 4. The molecule has 6 N–H and O–H groups in total. The molecular weight excluding hydrogens is 314 g/mol. The van der Waals surface area contributed by atoms with E-state index in [-0.39, 0.29) is 10.9 Å². The van der Waals surface area contributed by atoms with E-state index in [2.05, 4.69) is 15.3 Å². The molecule has 3 rings (SSSR count). The highest BCUT2D eigenvalue weighted by Gasteiger charge is 2.40. The molecule has 122 valence electrons. The van der Waals surface area contributed by atoms with Crippen molar-refractivity contribution in [2.45, 2.75) is 29.7 Å². The molecule has 2 heterocycles. The lowest BCUT2D eigenvalue weighted by molar-refractivity contribution is 0.532. The van der Waals surface area contributed by atoms with Crippen molar-refractivity contribution in [1.82, 2.24) is 4.98 Å². The lowest BCUT2D eigenvalue weighted by atomic mass is 9.95. The van der Waals surface area contributed by atoms with Gasteiger partial charge >= 0.3 is 0 Å². The van der Waals surface area contributed by atoms with Gasteiger partial charge in [0.1, 0.15) is 0 Å². The monoisotopic (exact) mass is 333 g/mol. The Labute approximate surface area is 134 Å². The molecule has 23 heavy (non-hydrogen) atoms. The van der Waals surface area contributed by atoms with Gasteiger partial charge in [-0.3, -0.25) is 5.73 Å². The summed E-state index contributed by atoms with van der Waals surface area (Å²) in [4.78, 5) is 7.49. The third-order valence-corrected chi connectivity index (χ3v) is 6.12. The van der Waals surface area contributed by atoms with Gasteiger partial charge < -0.3 is 16.0 Å². The van der Waals surface area contributed by atoms with E-state index in [4.69, 9.17) is 11.5 Å². The number of guanidine groups is 1. The van der Waals surface area contributed by atoms with Gasteiger partial charge in [-0.2, -0.15) is 0 Å². The first-order valence-corrected chi connectivity index (χ1v) is 8.74. The predicted octanol–water partition coefficient (Wildman–Crippen LogP) is 1.10. The number of nitrogens with one attached hydrogen (secondary N) is 2. The van der Waals surface area contributed by atoms with E-state index in [1.165, 1.54) is 0 Å².